The SMILES string of the molecule is CCC1(O)/C(=C/c2ccccc2)CC1CCc1ccccc1. The molecule has 0 bridgehead atoms. The van der Waals surface area contributed by atoms with E-state index in [-0.39, 0.29) is 0 Å². The quantitative estimate of drug-likeness (QED) is 0.834. The topological polar surface area (TPSA) is 20.2 Å². The van der Waals surface area contributed by atoms with Crippen molar-refractivity contribution in [2.24, 2.45) is 5.92 Å². The van der Waals surface area contributed by atoms with Gasteiger partial charge in [0.25, 0.3) is 0 Å². The molecule has 114 valence electrons. The molecule has 1 heteroatoms. The first-order valence-corrected chi connectivity index (χ1v) is 8.25. The maximum Gasteiger partial charge on any atom is 0.0888 e. The summed E-state index contributed by atoms with van der Waals surface area (Å²) in [6, 6.07) is 20.9. The Balaban J connectivity index is 1.67. The molecular weight excluding hydrogens is 268 g/mol. The van der Waals surface area contributed by atoms with Crippen molar-refractivity contribution < 1.29 is 5.11 Å². The van der Waals surface area contributed by atoms with E-state index in [9.17, 15) is 5.11 Å². The van der Waals surface area contributed by atoms with E-state index in [1.807, 2.05) is 18.2 Å². The highest BCUT2D eigenvalue weighted by Gasteiger charge is 2.47. The van der Waals surface area contributed by atoms with Crippen LogP contribution in [0.3, 0.4) is 0 Å². The van der Waals surface area contributed by atoms with E-state index in [1.165, 1.54) is 16.7 Å². The van der Waals surface area contributed by atoms with Gasteiger partial charge in [0.2, 0.25) is 0 Å². The van der Waals surface area contributed by atoms with Crippen molar-refractivity contribution in [3.63, 3.8) is 0 Å². The average molecular weight is 292 g/mol. The maximum atomic E-state index is 11.0. The molecule has 1 saturated carbocycles. The number of benzene rings is 2. The van der Waals surface area contributed by atoms with Crippen molar-refractivity contribution in [2.75, 3.05) is 0 Å². The van der Waals surface area contributed by atoms with Crippen LogP contribution in [0.4, 0.5) is 0 Å². The fourth-order valence-corrected chi connectivity index (χ4v) is 3.52. The van der Waals surface area contributed by atoms with E-state index in [2.05, 4.69) is 55.5 Å². The van der Waals surface area contributed by atoms with Crippen molar-refractivity contribution >= 4 is 6.08 Å². The Morgan fingerprint density at radius 1 is 1.05 bits per heavy atom. The molecule has 2 aromatic carbocycles. The van der Waals surface area contributed by atoms with E-state index >= 15 is 0 Å². The lowest BCUT2D eigenvalue weighted by atomic mass is 9.61. The molecule has 3 rings (SSSR count). The van der Waals surface area contributed by atoms with Gasteiger partial charge in [-0.1, -0.05) is 73.7 Å². The van der Waals surface area contributed by atoms with E-state index in [0.29, 0.717) is 5.92 Å². The van der Waals surface area contributed by atoms with Crippen LogP contribution in [0.5, 0.6) is 0 Å². The van der Waals surface area contributed by atoms with Crippen LogP contribution in [0.1, 0.15) is 37.3 Å². The van der Waals surface area contributed by atoms with Gasteiger partial charge in [-0.25, -0.2) is 0 Å². The summed E-state index contributed by atoms with van der Waals surface area (Å²) < 4.78 is 0. The fraction of sp³-hybridized carbons (Fsp3) is 0.333. The lowest BCUT2D eigenvalue weighted by Crippen LogP contribution is -2.49. The second-order valence-electron chi connectivity index (χ2n) is 6.28. The molecule has 1 aliphatic carbocycles. The van der Waals surface area contributed by atoms with Crippen LogP contribution < -0.4 is 0 Å². The van der Waals surface area contributed by atoms with Gasteiger partial charge in [-0.2, -0.15) is 0 Å². The molecule has 0 heterocycles. The van der Waals surface area contributed by atoms with Gasteiger partial charge in [0, 0.05) is 0 Å². The molecule has 2 aromatic rings. The summed E-state index contributed by atoms with van der Waals surface area (Å²) in [5.41, 5.74) is 3.14. The van der Waals surface area contributed by atoms with E-state index < -0.39 is 5.60 Å². The molecule has 0 saturated heterocycles. The van der Waals surface area contributed by atoms with Gasteiger partial charge in [0.1, 0.15) is 0 Å². The highest BCUT2D eigenvalue weighted by Crippen LogP contribution is 2.49. The first-order chi connectivity index (χ1) is 10.7. The third kappa shape index (κ3) is 3.00. The largest absolute Gasteiger partial charge is 0.385 e. The smallest absolute Gasteiger partial charge is 0.0888 e. The molecule has 0 aromatic heterocycles. The fourth-order valence-electron chi connectivity index (χ4n) is 3.52. The van der Waals surface area contributed by atoms with Crippen LogP contribution in [0.25, 0.3) is 6.08 Å². The maximum absolute atomic E-state index is 11.0. The van der Waals surface area contributed by atoms with E-state index in [0.717, 1.165) is 25.7 Å². The minimum Gasteiger partial charge on any atom is -0.385 e. The summed E-state index contributed by atoms with van der Waals surface area (Å²) in [4.78, 5) is 0. The normalized spacial score (nSPS) is 25.9. The van der Waals surface area contributed by atoms with Gasteiger partial charge in [-0.15, -0.1) is 0 Å². The molecule has 22 heavy (non-hydrogen) atoms. The van der Waals surface area contributed by atoms with Gasteiger partial charge in [-0.3, -0.25) is 0 Å². The number of aryl methyl sites for hydroxylation is 1. The van der Waals surface area contributed by atoms with Gasteiger partial charge < -0.3 is 5.11 Å². The van der Waals surface area contributed by atoms with Gasteiger partial charge in [0.05, 0.1) is 5.60 Å². The van der Waals surface area contributed by atoms with E-state index in [4.69, 9.17) is 0 Å². The van der Waals surface area contributed by atoms with Crippen molar-refractivity contribution in [3.05, 3.63) is 77.4 Å². The monoisotopic (exact) mass is 292 g/mol. The summed E-state index contributed by atoms with van der Waals surface area (Å²) in [7, 11) is 0. The number of rotatable bonds is 5. The highest BCUT2D eigenvalue weighted by molar-refractivity contribution is 5.57. The molecular formula is C21H24O. The second kappa shape index (κ2) is 6.50. The summed E-state index contributed by atoms with van der Waals surface area (Å²) in [5, 5.41) is 11.0. The van der Waals surface area contributed by atoms with Crippen LogP contribution >= 0.6 is 0 Å². The predicted octanol–water partition coefficient (Wildman–Crippen LogP) is 4.86. The third-order valence-corrected chi connectivity index (χ3v) is 5.00. The summed E-state index contributed by atoms with van der Waals surface area (Å²) >= 11 is 0. The van der Waals surface area contributed by atoms with Crippen molar-refractivity contribution in [1.29, 1.82) is 0 Å². The Morgan fingerprint density at radius 3 is 2.32 bits per heavy atom. The Bertz CT molecular complexity index is 629. The average Bonchev–Trinajstić information content (AvgIpc) is 2.58. The first kappa shape index (κ1) is 15.1. The molecule has 1 nitrogen and oxygen atoms in total. The summed E-state index contributed by atoms with van der Waals surface area (Å²) in [5.74, 6) is 0.382. The van der Waals surface area contributed by atoms with Crippen LogP contribution in [0.2, 0.25) is 0 Å². The zero-order chi connectivity index (χ0) is 15.4. The van der Waals surface area contributed by atoms with Gasteiger partial charge >= 0.3 is 0 Å². The molecule has 2 atom stereocenters. The Labute approximate surface area is 133 Å². The minimum atomic E-state index is -0.607. The number of aliphatic hydroxyl groups is 1. The molecule has 0 aliphatic heterocycles. The standard InChI is InChI=1S/C21H24O/c1-2-21(22)19(14-13-17-9-5-3-6-10-17)16-20(21)15-18-11-7-4-8-12-18/h3-12,15,19,22H,2,13-14,16H2,1H3/b20-15+. The zero-order valence-electron chi connectivity index (χ0n) is 13.2. The van der Waals surface area contributed by atoms with E-state index in [1.54, 1.807) is 0 Å². The second-order valence-corrected chi connectivity index (χ2v) is 6.28. The van der Waals surface area contributed by atoms with Gasteiger partial charge in [-0.05, 0) is 48.3 Å². The minimum absolute atomic E-state index is 0.382. The molecule has 1 aliphatic rings. The van der Waals surface area contributed by atoms with Crippen molar-refractivity contribution in [3.8, 4) is 0 Å². The Morgan fingerprint density at radius 2 is 1.68 bits per heavy atom. The molecule has 0 radical (unpaired) electrons. The van der Waals surface area contributed by atoms with Crippen molar-refractivity contribution in [1.82, 2.24) is 0 Å². The lowest BCUT2D eigenvalue weighted by molar-refractivity contribution is -0.0399. The first-order valence-electron chi connectivity index (χ1n) is 8.25. The molecule has 0 amide bonds. The molecule has 1 N–H and O–H groups in total. The highest BCUT2D eigenvalue weighted by atomic mass is 16.3. The van der Waals surface area contributed by atoms with Crippen molar-refractivity contribution in [2.45, 2.75) is 38.2 Å². The third-order valence-electron chi connectivity index (χ3n) is 5.00. The zero-order valence-corrected chi connectivity index (χ0v) is 13.2. The Hall–Kier alpha value is -1.86. The molecule has 1 fully saturated rings. The summed E-state index contributed by atoms with van der Waals surface area (Å²) in [6.07, 6.45) is 6.09. The predicted molar refractivity (Wildman–Crippen MR) is 92.5 cm³/mol. The van der Waals surface area contributed by atoms with Crippen LogP contribution in [0.15, 0.2) is 66.2 Å². The Kier molecular flexibility index (Phi) is 4.44. The van der Waals surface area contributed by atoms with Crippen LogP contribution in [-0.2, 0) is 6.42 Å². The molecule has 2 unspecified atom stereocenters. The number of hydrogen-bond donors (Lipinski definition) is 1. The number of hydrogen-bond acceptors (Lipinski definition) is 1. The lowest BCUT2D eigenvalue weighted by Gasteiger charge is -2.48. The molecule has 0 spiro atoms. The van der Waals surface area contributed by atoms with Gasteiger partial charge in [0.15, 0.2) is 0 Å². The van der Waals surface area contributed by atoms with Crippen LogP contribution in [-0.4, -0.2) is 10.7 Å². The van der Waals surface area contributed by atoms with Crippen LogP contribution in [0, 0.1) is 5.92 Å². The summed E-state index contributed by atoms with van der Waals surface area (Å²) in [6.45, 7) is 2.09.